The highest BCUT2D eigenvalue weighted by atomic mass is 16.5. The lowest BCUT2D eigenvalue weighted by Crippen LogP contribution is -2.59. The van der Waals surface area contributed by atoms with Crippen LogP contribution < -0.4 is 31.9 Å². The number of nitrogens with zero attached hydrogens (tertiary/aromatic N) is 1. The van der Waals surface area contributed by atoms with Gasteiger partial charge in [0.2, 0.25) is 35.4 Å². The van der Waals surface area contributed by atoms with Crippen LogP contribution in [0.3, 0.4) is 0 Å². The number of rotatable bonds is 16. The number of hydrogen-bond acceptors (Lipinski definition) is 12. The molecule has 0 unspecified atom stereocenters. The first-order chi connectivity index (χ1) is 37.4. The number of carboxylic acids is 2. The number of hydrogen-bond donors (Lipinski definition) is 10. The van der Waals surface area contributed by atoms with Crippen LogP contribution in [0.5, 0.6) is 11.5 Å². The molecule has 21 nitrogen and oxygen atoms in total. The van der Waals surface area contributed by atoms with Gasteiger partial charge in [0.25, 0.3) is 5.91 Å². The molecule has 4 rings (SSSR count). The van der Waals surface area contributed by atoms with Gasteiger partial charge in [-0.3, -0.25) is 33.6 Å². The van der Waals surface area contributed by atoms with Crippen LogP contribution in [0.2, 0.25) is 0 Å². The van der Waals surface area contributed by atoms with Gasteiger partial charge in [0, 0.05) is 26.5 Å². The van der Waals surface area contributed by atoms with Crippen molar-refractivity contribution < 1.29 is 68.3 Å². The van der Waals surface area contributed by atoms with E-state index >= 15 is 0 Å². The molecule has 10 N–H and O–H groups in total. The number of carbonyl (C=O) groups excluding carboxylic acids is 7. The van der Waals surface area contributed by atoms with Crippen molar-refractivity contribution in [3.8, 4) is 11.5 Å². The summed E-state index contributed by atoms with van der Waals surface area (Å²) in [7, 11) is 2.82. The number of amides is 7. The number of ether oxygens (including phenoxy) is 1. The Bertz CT molecular complexity index is 2700. The van der Waals surface area contributed by atoms with E-state index in [1.165, 1.54) is 52.1 Å². The molecule has 1 aliphatic heterocycles. The molecular formula is C58H75N7O14. The summed E-state index contributed by atoms with van der Waals surface area (Å²) in [5.41, 5.74) is 2.74. The van der Waals surface area contributed by atoms with Crippen LogP contribution >= 0.6 is 0 Å². The van der Waals surface area contributed by atoms with E-state index < -0.39 is 120 Å². The van der Waals surface area contributed by atoms with E-state index in [-0.39, 0.29) is 49.2 Å². The lowest BCUT2D eigenvalue weighted by molar-refractivity contribution is -0.146. The van der Waals surface area contributed by atoms with Crippen LogP contribution in [-0.2, 0) is 67.2 Å². The largest absolute Gasteiger partial charge is 0.508 e. The third kappa shape index (κ3) is 19.9. The zero-order chi connectivity index (χ0) is 58.5. The standard InChI is InChI=1S/C58H75N7O14/c1-33(31-34(2)48(79-8)32-41-13-10-9-11-14-41)17-27-44-35(3)51(69)63-47(57(75)76)29-30-49(68)65(7)38(6)54(72)59-37(5)53(71)62-46(28-22-40-20-25-43(67)26-21-40)56(74)64-50(58(77)78)36(4)52(70)61-45(55(73)60-44)16-12-15-39-18-23-42(66)24-19-39/h9-11,13-14,17-21,23-27,31,34-37,44-48,50,66-67H,6,12,15-16,22,28-30,32H2,1-5,7-8H3,(H,59,72)(H,60,73)(H,61,70)(H,62,71)(H,63,69)(H,64,74)(H,75,76)(H,77,78)/t34-,35-,36-,37+,44-,45-,46-,47+,48-,50+/m0/s1. The second-order valence-electron chi connectivity index (χ2n) is 19.9. The minimum atomic E-state index is -1.94. The van der Waals surface area contributed by atoms with Gasteiger partial charge in [0.15, 0.2) is 0 Å². The average molecular weight is 1090 g/mol. The molecule has 1 saturated heterocycles. The second-order valence-corrected chi connectivity index (χ2v) is 19.9. The lowest BCUT2D eigenvalue weighted by Gasteiger charge is -2.28. The molecule has 3 aromatic carbocycles. The number of aromatic hydroxyl groups is 2. The Morgan fingerprint density at radius 1 is 0.696 bits per heavy atom. The normalized spacial score (nSPS) is 23.9. The SMILES string of the molecule is C=C1C(=O)N[C@H](C)C(=O)N[C@@H](CCc2ccc(O)cc2)C(=O)N[C@@H](C(=O)O)[C@H](C)C(=O)N[C@@H](CCCc2ccc(O)cc2)C(=O)N[C@@H](C=CC(C)=C[C@H](C)[C@H](Cc2ccccc2)OC)[C@H](C)C(=O)N[C@@H](C(=O)O)CCC(=O)N1C. The third-order valence-corrected chi connectivity index (χ3v) is 13.9. The zero-order valence-corrected chi connectivity index (χ0v) is 45.7. The first kappa shape index (κ1) is 63.2. The van der Waals surface area contributed by atoms with Crippen LogP contribution in [0.15, 0.2) is 115 Å². The summed E-state index contributed by atoms with van der Waals surface area (Å²) in [6, 6.07) is 13.1. The molecule has 3 aromatic rings. The predicted molar refractivity (Wildman–Crippen MR) is 292 cm³/mol. The van der Waals surface area contributed by atoms with E-state index in [4.69, 9.17) is 4.74 Å². The first-order valence-corrected chi connectivity index (χ1v) is 26.1. The Hall–Kier alpha value is -8.33. The highest BCUT2D eigenvalue weighted by molar-refractivity contribution is 6.00. The summed E-state index contributed by atoms with van der Waals surface area (Å²) in [6.07, 6.45) is 5.17. The Morgan fingerprint density at radius 3 is 1.84 bits per heavy atom. The minimum Gasteiger partial charge on any atom is -0.508 e. The van der Waals surface area contributed by atoms with Gasteiger partial charge in [-0.25, -0.2) is 9.59 Å². The molecule has 10 atom stereocenters. The number of allylic oxidation sites excluding steroid dienone is 2. The second kappa shape index (κ2) is 30.6. The van der Waals surface area contributed by atoms with Gasteiger partial charge in [0.1, 0.15) is 47.4 Å². The number of carbonyl (C=O) groups is 9. The van der Waals surface area contributed by atoms with Crippen molar-refractivity contribution in [2.45, 2.75) is 128 Å². The molecule has 1 heterocycles. The number of phenols is 2. The van der Waals surface area contributed by atoms with E-state index in [0.29, 0.717) is 24.0 Å². The molecule has 0 spiro atoms. The van der Waals surface area contributed by atoms with Crippen molar-refractivity contribution in [1.82, 2.24) is 36.8 Å². The smallest absolute Gasteiger partial charge is 0.327 e. The molecule has 79 heavy (non-hydrogen) atoms. The molecule has 1 aliphatic rings. The Morgan fingerprint density at radius 2 is 1.25 bits per heavy atom. The van der Waals surface area contributed by atoms with Crippen molar-refractivity contribution in [2.24, 2.45) is 17.8 Å². The van der Waals surface area contributed by atoms with Crippen molar-refractivity contribution in [3.05, 3.63) is 132 Å². The maximum absolute atomic E-state index is 14.7. The molecule has 7 amide bonds. The molecule has 0 saturated carbocycles. The first-order valence-electron chi connectivity index (χ1n) is 26.1. The monoisotopic (exact) mass is 1090 g/mol. The van der Waals surface area contributed by atoms with Crippen LogP contribution in [0, 0.1) is 17.8 Å². The highest BCUT2D eigenvalue weighted by Gasteiger charge is 2.37. The van der Waals surface area contributed by atoms with E-state index in [0.717, 1.165) is 16.0 Å². The van der Waals surface area contributed by atoms with Gasteiger partial charge in [-0.1, -0.05) is 106 Å². The van der Waals surface area contributed by atoms with Crippen LogP contribution in [0.1, 0.15) is 83.4 Å². The Labute approximate surface area is 460 Å². The maximum atomic E-state index is 14.7. The number of methoxy groups -OCH3 is 1. The number of benzene rings is 3. The van der Waals surface area contributed by atoms with E-state index in [1.54, 1.807) is 50.5 Å². The average Bonchev–Trinajstić information content (AvgIpc) is 3.42. The number of carboxylic acid groups (broad SMARTS) is 2. The summed E-state index contributed by atoms with van der Waals surface area (Å²) >= 11 is 0. The van der Waals surface area contributed by atoms with Gasteiger partial charge < -0.3 is 62.0 Å². The molecule has 0 radical (unpaired) electrons. The zero-order valence-electron chi connectivity index (χ0n) is 45.7. The number of phenolic OH excluding ortho intramolecular Hbond substituents is 2. The summed E-state index contributed by atoms with van der Waals surface area (Å²) in [4.78, 5) is 124. The number of nitrogens with one attached hydrogen (secondary N) is 6. The number of aryl methyl sites for hydroxylation is 2. The van der Waals surface area contributed by atoms with Crippen LogP contribution in [0.25, 0.3) is 0 Å². The minimum absolute atomic E-state index is 0.0280. The van der Waals surface area contributed by atoms with Crippen molar-refractivity contribution in [1.29, 1.82) is 0 Å². The molecule has 0 aliphatic carbocycles. The van der Waals surface area contributed by atoms with Crippen molar-refractivity contribution in [3.63, 3.8) is 0 Å². The topological polar surface area (TPSA) is 319 Å². The Kier molecular flexibility index (Phi) is 24.5. The molecule has 426 valence electrons. The van der Waals surface area contributed by atoms with Crippen molar-refractivity contribution in [2.75, 3.05) is 14.2 Å². The van der Waals surface area contributed by atoms with Gasteiger partial charge >= 0.3 is 11.9 Å². The quantitative estimate of drug-likeness (QED) is 0.0725. The molecule has 0 aromatic heterocycles. The predicted octanol–water partition coefficient (Wildman–Crippen LogP) is 3.59. The fourth-order valence-corrected chi connectivity index (χ4v) is 8.67. The maximum Gasteiger partial charge on any atom is 0.327 e. The molecule has 1 fully saturated rings. The fourth-order valence-electron chi connectivity index (χ4n) is 8.67. The number of likely N-dealkylation sites (N-methyl/N-ethyl adjacent to an activating group) is 1. The highest BCUT2D eigenvalue weighted by Crippen LogP contribution is 2.20. The van der Waals surface area contributed by atoms with Crippen LogP contribution in [-0.4, -0.2) is 135 Å². The summed E-state index contributed by atoms with van der Waals surface area (Å²) in [5.74, 6) is -12.3. The molecule has 0 bridgehead atoms. The van der Waals surface area contributed by atoms with Gasteiger partial charge in [-0.15, -0.1) is 0 Å². The van der Waals surface area contributed by atoms with E-state index in [1.807, 2.05) is 43.3 Å². The fraction of sp³-hybridized carbons (Fsp3) is 0.431. The molecular weight excluding hydrogens is 1020 g/mol. The summed E-state index contributed by atoms with van der Waals surface area (Å²) in [6.45, 7) is 11.4. The summed E-state index contributed by atoms with van der Waals surface area (Å²) < 4.78 is 5.84. The Balaban J connectivity index is 1.78. The van der Waals surface area contributed by atoms with Gasteiger partial charge in [-0.2, -0.15) is 0 Å². The van der Waals surface area contributed by atoms with E-state index in [9.17, 15) is 63.6 Å². The molecule has 21 heteroatoms. The van der Waals surface area contributed by atoms with Gasteiger partial charge in [0.05, 0.1) is 24.0 Å². The summed E-state index contributed by atoms with van der Waals surface area (Å²) in [5, 5.41) is 55.7. The van der Waals surface area contributed by atoms with Crippen molar-refractivity contribution >= 4 is 53.3 Å². The third-order valence-electron chi connectivity index (χ3n) is 13.9. The van der Waals surface area contributed by atoms with Crippen LogP contribution in [0.4, 0.5) is 0 Å². The lowest BCUT2D eigenvalue weighted by atomic mass is 9.94. The number of aliphatic carboxylic acids is 2. The van der Waals surface area contributed by atoms with Gasteiger partial charge in [-0.05, 0) is 99.7 Å². The van der Waals surface area contributed by atoms with E-state index in [2.05, 4.69) is 38.5 Å².